The van der Waals surface area contributed by atoms with Gasteiger partial charge in [0.2, 0.25) is 0 Å². The second kappa shape index (κ2) is 64.9. The van der Waals surface area contributed by atoms with E-state index in [0.29, 0.717) is 19.3 Å². The zero-order valence-electron chi connectivity index (χ0n) is 50.7. The lowest BCUT2D eigenvalue weighted by molar-refractivity contribution is -0.167. The fourth-order valence-corrected chi connectivity index (χ4v) is 9.19. The van der Waals surface area contributed by atoms with Crippen molar-refractivity contribution in [2.24, 2.45) is 0 Å². The highest BCUT2D eigenvalue weighted by Crippen LogP contribution is 2.17. The summed E-state index contributed by atoms with van der Waals surface area (Å²) in [7, 11) is 0. The molecule has 0 fully saturated rings. The highest BCUT2D eigenvalue weighted by molar-refractivity contribution is 5.71. The van der Waals surface area contributed by atoms with Crippen LogP contribution in [0.4, 0.5) is 0 Å². The van der Waals surface area contributed by atoms with Gasteiger partial charge in [-0.1, -0.05) is 298 Å². The predicted octanol–water partition coefficient (Wildman–Crippen LogP) is 22.4. The number of carbonyl (C=O) groups excluding carboxylic acids is 3. The predicted molar refractivity (Wildman–Crippen MR) is 334 cm³/mol. The van der Waals surface area contributed by atoms with Gasteiger partial charge in [-0.25, -0.2) is 0 Å². The minimum absolute atomic E-state index is 0.0973. The maximum absolute atomic E-state index is 12.9. The van der Waals surface area contributed by atoms with Gasteiger partial charge < -0.3 is 14.2 Å². The molecule has 0 aromatic carbocycles. The van der Waals surface area contributed by atoms with E-state index in [1.807, 2.05) is 0 Å². The number of rotatable bonds is 59. The van der Waals surface area contributed by atoms with Crippen LogP contribution in [-0.2, 0) is 28.6 Å². The van der Waals surface area contributed by atoms with E-state index in [4.69, 9.17) is 14.2 Å². The SMILES string of the molecule is CC/C=C\C/C=C\C/C=C\C/C=C\C/C=C\CCCC(=O)OCC(COC(=O)CCCCCCCCCC/C=C\C/C=C\C/C=C\CCCCCCC)OC(=O)CCCCCCCCCCCCCCCCCCCCC. The van der Waals surface area contributed by atoms with Crippen molar-refractivity contribution < 1.29 is 28.6 Å². The summed E-state index contributed by atoms with van der Waals surface area (Å²) in [5, 5.41) is 0. The Bertz CT molecular complexity index is 1510. The van der Waals surface area contributed by atoms with Crippen molar-refractivity contribution in [1.82, 2.24) is 0 Å². The number of unbranched alkanes of at least 4 members (excludes halogenated alkanes) is 32. The Labute approximate surface area is 477 Å². The van der Waals surface area contributed by atoms with E-state index in [1.165, 1.54) is 173 Å². The zero-order chi connectivity index (χ0) is 55.7. The van der Waals surface area contributed by atoms with Gasteiger partial charge in [0.05, 0.1) is 0 Å². The first-order valence-corrected chi connectivity index (χ1v) is 32.7. The summed E-state index contributed by atoms with van der Waals surface area (Å²) in [4.78, 5) is 38.3. The molecule has 0 bridgehead atoms. The van der Waals surface area contributed by atoms with Crippen LogP contribution in [0, 0.1) is 0 Å². The Morgan fingerprint density at radius 1 is 0.273 bits per heavy atom. The van der Waals surface area contributed by atoms with Crippen LogP contribution in [0.2, 0.25) is 0 Å². The van der Waals surface area contributed by atoms with Crippen LogP contribution < -0.4 is 0 Å². The minimum atomic E-state index is -0.805. The van der Waals surface area contributed by atoms with Crippen LogP contribution in [-0.4, -0.2) is 37.2 Å². The van der Waals surface area contributed by atoms with Crippen LogP contribution in [0.15, 0.2) is 97.2 Å². The molecule has 0 aliphatic heterocycles. The van der Waals surface area contributed by atoms with Gasteiger partial charge in [0.15, 0.2) is 6.10 Å². The van der Waals surface area contributed by atoms with Crippen molar-refractivity contribution in [2.75, 3.05) is 13.2 Å². The third-order valence-electron chi connectivity index (χ3n) is 14.1. The Morgan fingerprint density at radius 3 is 0.844 bits per heavy atom. The molecule has 0 heterocycles. The monoisotopic (exact) mass is 1070 g/mol. The molecule has 0 aliphatic carbocycles. The van der Waals surface area contributed by atoms with Gasteiger partial charge in [-0.2, -0.15) is 0 Å². The van der Waals surface area contributed by atoms with Crippen molar-refractivity contribution >= 4 is 17.9 Å². The topological polar surface area (TPSA) is 78.9 Å². The molecule has 0 saturated carbocycles. The molecule has 0 amide bonds. The number of allylic oxidation sites excluding steroid dienone is 16. The standard InChI is InChI=1S/C71H122O6/c1-4-7-10-13-16-19-22-25-28-31-33-34-35-36-38-40-43-46-49-52-55-58-61-64-70(73)76-67-68(66-75-69(72)63-60-57-54-51-48-45-42-39-30-27-24-21-18-15-12-9-6-3)77-71(74)65-62-59-56-53-50-47-44-41-37-32-29-26-23-20-17-14-11-8-5-2/h9,12,18,21-22,25,27,30-31,33,35-36,42,45,51,54,68H,4-8,10-11,13-17,19-20,23-24,26,28-29,32,34,37-41,43-44,46-50,52-53,55-67H2,1-3H3/b12-9-,21-18-,25-22-,30-27-,33-31-,36-35-,45-42-,54-51-. The Kier molecular flexibility index (Phi) is 61.8. The molecule has 1 unspecified atom stereocenters. The number of carbonyl (C=O) groups is 3. The molecule has 0 aromatic heterocycles. The van der Waals surface area contributed by atoms with E-state index in [0.717, 1.165) is 96.3 Å². The molecule has 0 radical (unpaired) electrons. The maximum atomic E-state index is 12.9. The summed E-state index contributed by atoms with van der Waals surface area (Å²) in [5.74, 6) is -0.951. The average molecular weight is 1070 g/mol. The van der Waals surface area contributed by atoms with E-state index in [9.17, 15) is 14.4 Å². The second-order valence-corrected chi connectivity index (χ2v) is 21.6. The smallest absolute Gasteiger partial charge is 0.306 e. The molecule has 0 saturated heterocycles. The number of esters is 3. The molecular formula is C71H122O6. The van der Waals surface area contributed by atoms with E-state index in [2.05, 4.69) is 118 Å². The van der Waals surface area contributed by atoms with Crippen molar-refractivity contribution in [3.8, 4) is 0 Å². The van der Waals surface area contributed by atoms with Gasteiger partial charge >= 0.3 is 17.9 Å². The second-order valence-electron chi connectivity index (χ2n) is 21.6. The normalized spacial score (nSPS) is 12.7. The largest absolute Gasteiger partial charge is 0.462 e. The van der Waals surface area contributed by atoms with Crippen molar-refractivity contribution in [3.63, 3.8) is 0 Å². The van der Waals surface area contributed by atoms with E-state index in [-0.39, 0.29) is 37.5 Å². The quantitative estimate of drug-likeness (QED) is 0.0261. The first-order valence-electron chi connectivity index (χ1n) is 32.7. The molecule has 1 atom stereocenters. The fourth-order valence-electron chi connectivity index (χ4n) is 9.19. The molecular weight excluding hydrogens is 949 g/mol. The van der Waals surface area contributed by atoms with E-state index < -0.39 is 6.10 Å². The molecule has 6 heteroatoms. The van der Waals surface area contributed by atoms with Gasteiger partial charge in [0.1, 0.15) is 13.2 Å². The molecule has 77 heavy (non-hydrogen) atoms. The van der Waals surface area contributed by atoms with Gasteiger partial charge in [-0.3, -0.25) is 14.4 Å². The lowest BCUT2D eigenvalue weighted by Gasteiger charge is -2.18. The molecule has 0 aromatic rings. The summed E-state index contributed by atoms with van der Waals surface area (Å²) >= 11 is 0. The Hall–Kier alpha value is -3.67. The van der Waals surface area contributed by atoms with Crippen LogP contribution in [0.25, 0.3) is 0 Å². The first-order chi connectivity index (χ1) is 38.0. The number of ether oxygens (including phenoxy) is 3. The van der Waals surface area contributed by atoms with Crippen LogP contribution in [0.5, 0.6) is 0 Å². The summed E-state index contributed by atoms with van der Waals surface area (Å²) in [6.07, 6.45) is 87.0. The van der Waals surface area contributed by atoms with E-state index >= 15 is 0 Å². The minimum Gasteiger partial charge on any atom is -0.462 e. The van der Waals surface area contributed by atoms with Crippen LogP contribution in [0.3, 0.4) is 0 Å². The molecule has 0 rings (SSSR count). The Morgan fingerprint density at radius 2 is 0.519 bits per heavy atom. The molecule has 442 valence electrons. The van der Waals surface area contributed by atoms with Crippen molar-refractivity contribution in [2.45, 2.75) is 322 Å². The third-order valence-corrected chi connectivity index (χ3v) is 14.1. The average Bonchev–Trinajstić information content (AvgIpc) is 3.43. The fraction of sp³-hybridized carbons (Fsp3) is 0.732. The van der Waals surface area contributed by atoms with Gasteiger partial charge in [-0.15, -0.1) is 0 Å². The summed E-state index contributed by atoms with van der Waals surface area (Å²) in [6.45, 7) is 6.50. The summed E-state index contributed by atoms with van der Waals surface area (Å²) in [5.41, 5.74) is 0. The summed E-state index contributed by atoms with van der Waals surface area (Å²) in [6, 6.07) is 0. The maximum Gasteiger partial charge on any atom is 0.306 e. The highest BCUT2D eigenvalue weighted by atomic mass is 16.6. The molecule has 0 aliphatic rings. The van der Waals surface area contributed by atoms with Crippen molar-refractivity contribution in [3.05, 3.63) is 97.2 Å². The molecule has 0 spiro atoms. The van der Waals surface area contributed by atoms with Gasteiger partial charge in [0, 0.05) is 19.3 Å². The zero-order valence-corrected chi connectivity index (χ0v) is 50.7. The van der Waals surface area contributed by atoms with Gasteiger partial charge in [0.25, 0.3) is 0 Å². The lowest BCUT2D eigenvalue weighted by atomic mass is 10.0. The molecule has 6 nitrogen and oxygen atoms in total. The Balaban J connectivity index is 4.43. The lowest BCUT2D eigenvalue weighted by Crippen LogP contribution is -2.30. The van der Waals surface area contributed by atoms with Crippen LogP contribution >= 0.6 is 0 Å². The summed E-state index contributed by atoms with van der Waals surface area (Å²) < 4.78 is 16.9. The number of hydrogen-bond acceptors (Lipinski definition) is 6. The highest BCUT2D eigenvalue weighted by Gasteiger charge is 2.19. The third kappa shape index (κ3) is 63.0. The van der Waals surface area contributed by atoms with Gasteiger partial charge in [-0.05, 0) is 96.3 Å². The van der Waals surface area contributed by atoms with E-state index in [1.54, 1.807) is 0 Å². The van der Waals surface area contributed by atoms with Crippen molar-refractivity contribution in [1.29, 1.82) is 0 Å². The first kappa shape index (κ1) is 73.3. The molecule has 0 N–H and O–H groups in total. The van der Waals surface area contributed by atoms with Crippen LogP contribution in [0.1, 0.15) is 316 Å². The number of hydrogen-bond donors (Lipinski definition) is 0.